The molecule has 0 spiro atoms. The Bertz CT molecular complexity index is 273. The molecule has 1 aromatic rings. The Hall–Kier alpha value is -1.30. The minimum Gasteiger partial charge on any atom is -0.271 e. The minimum absolute atomic E-state index is 0.0671. The molecule has 3 heteroatoms. The zero-order chi connectivity index (χ0) is 8.43. The zero-order valence-corrected chi connectivity index (χ0v) is 7.00. The second kappa shape index (κ2) is 2.75. The molecule has 0 aliphatic rings. The summed E-state index contributed by atoms with van der Waals surface area (Å²) in [5, 5.41) is 12.7. The van der Waals surface area contributed by atoms with Crippen molar-refractivity contribution >= 4 is 0 Å². The molecule has 11 heavy (non-hydrogen) atoms. The highest BCUT2D eigenvalue weighted by Crippen LogP contribution is 2.16. The van der Waals surface area contributed by atoms with Crippen LogP contribution in [0, 0.1) is 18.3 Å². The molecule has 0 N–H and O–H groups in total. The van der Waals surface area contributed by atoms with E-state index in [1.807, 2.05) is 20.9 Å². The Labute approximate surface area is 66.3 Å². The minimum atomic E-state index is -0.0671. The molecular weight excluding hydrogens is 138 g/mol. The lowest BCUT2D eigenvalue weighted by Crippen LogP contribution is -2.02. The molecule has 0 aliphatic heterocycles. The zero-order valence-electron chi connectivity index (χ0n) is 7.00. The van der Waals surface area contributed by atoms with Crippen molar-refractivity contribution in [2.24, 2.45) is 7.05 Å². The summed E-state index contributed by atoms with van der Waals surface area (Å²) < 4.78 is 1.75. The summed E-state index contributed by atoms with van der Waals surface area (Å²) in [4.78, 5) is 0. The molecule has 1 unspecified atom stereocenters. The second-order valence-corrected chi connectivity index (χ2v) is 2.69. The van der Waals surface area contributed by atoms with Crippen molar-refractivity contribution in [2.45, 2.75) is 19.8 Å². The van der Waals surface area contributed by atoms with Gasteiger partial charge in [-0.2, -0.15) is 10.4 Å². The Morgan fingerprint density at radius 2 is 2.36 bits per heavy atom. The quantitative estimate of drug-likeness (QED) is 0.605. The monoisotopic (exact) mass is 149 g/mol. The molecule has 0 amide bonds. The number of nitriles is 1. The van der Waals surface area contributed by atoms with E-state index in [-0.39, 0.29) is 5.92 Å². The summed E-state index contributed by atoms with van der Waals surface area (Å²) >= 11 is 0. The summed E-state index contributed by atoms with van der Waals surface area (Å²) in [5.74, 6) is -0.0671. The van der Waals surface area contributed by atoms with Gasteiger partial charge in [0.15, 0.2) is 0 Å². The maximum atomic E-state index is 8.66. The van der Waals surface area contributed by atoms with E-state index in [1.54, 1.807) is 10.9 Å². The van der Waals surface area contributed by atoms with Crippen LogP contribution in [-0.2, 0) is 7.05 Å². The smallest absolute Gasteiger partial charge is 0.0856 e. The van der Waals surface area contributed by atoms with Gasteiger partial charge in [-0.1, -0.05) is 0 Å². The number of hydrogen-bond donors (Lipinski definition) is 0. The summed E-state index contributed by atoms with van der Waals surface area (Å²) in [6.07, 6.45) is 1.78. The normalized spacial score (nSPS) is 12.5. The largest absolute Gasteiger partial charge is 0.271 e. The fraction of sp³-hybridized carbons (Fsp3) is 0.500. The van der Waals surface area contributed by atoms with Crippen LogP contribution in [0.15, 0.2) is 6.20 Å². The van der Waals surface area contributed by atoms with Gasteiger partial charge in [-0.3, -0.25) is 4.68 Å². The molecule has 0 saturated carbocycles. The first-order valence-electron chi connectivity index (χ1n) is 3.55. The summed E-state index contributed by atoms with van der Waals surface area (Å²) in [6.45, 7) is 3.85. The third-order valence-electron chi connectivity index (χ3n) is 1.78. The van der Waals surface area contributed by atoms with Crippen LogP contribution in [0.2, 0.25) is 0 Å². The van der Waals surface area contributed by atoms with E-state index in [9.17, 15) is 0 Å². The molecule has 0 bridgehead atoms. The number of hydrogen-bond acceptors (Lipinski definition) is 2. The van der Waals surface area contributed by atoms with Crippen LogP contribution in [0.5, 0.6) is 0 Å². The van der Waals surface area contributed by atoms with Crippen LogP contribution < -0.4 is 0 Å². The second-order valence-electron chi connectivity index (χ2n) is 2.69. The van der Waals surface area contributed by atoms with Gasteiger partial charge in [-0.25, -0.2) is 0 Å². The van der Waals surface area contributed by atoms with E-state index in [4.69, 9.17) is 5.26 Å². The number of rotatable bonds is 1. The van der Waals surface area contributed by atoms with Crippen molar-refractivity contribution in [1.29, 1.82) is 5.26 Å². The Balaban J connectivity index is 3.12. The van der Waals surface area contributed by atoms with Crippen LogP contribution in [-0.4, -0.2) is 9.78 Å². The van der Waals surface area contributed by atoms with Crippen molar-refractivity contribution in [3.8, 4) is 6.07 Å². The average molecular weight is 149 g/mol. The van der Waals surface area contributed by atoms with Gasteiger partial charge in [0.05, 0.1) is 23.9 Å². The first kappa shape index (κ1) is 7.80. The van der Waals surface area contributed by atoms with Crippen molar-refractivity contribution in [3.05, 3.63) is 17.5 Å². The Kier molecular flexibility index (Phi) is 1.95. The van der Waals surface area contributed by atoms with Crippen LogP contribution in [0.4, 0.5) is 0 Å². The first-order chi connectivity index (χ1) is 5.16. The van der Waals surface area contributed by atoms with Crippen molar-refractivity contribution in [1.82, 2.24) is 9.78 Å². The lowest BCUT2D eigenvalue weighted by Gasteiger charge is -2.03. The summed E-state index contributed by atoms with van der Waals surface area (Å²) in [5.41, 5.74) is 2.09. The molecule has 0 fully saturated rings. The standard InChI is InChI=1S/C8H11N3/c1-6(4-9)8-7(2)5-10-11(8)3/h5-6H,1-3H3. The van der Waals surface area contributed by atoms with Gasteiger partial charge in [0.25, 0.3) is 0 Å². The van der Waals surface area contributed by atoms with Crippen LogP contribution in [0.1, 0.15) is 24.1 Å². The van der Waals surface area contributed by atoms with E-state index >= 15 is 0 Å². The molecule has 0 radical (unpaired) electrons. The predicted octanol–water partition coefficient (Wildman–Crippen LogP) is 1.36. The van der Waals surface area contributed by atoms with Crippen molar-refractivity contribution < 1.29 is 0 Å². The predicted molar refractivity (Wildman–Crippen MR) is 42.0 cm³/mol. The fourth-order valence-corrected chi connectivity index (χ4v) is 1.24. The highest BCUT2D eigenvalue weighted by molar-refractivity contribution is 5.23. The molecule has 58 valence electrons. The lowest BCUT2D eigenvalue weighted by atomic mass is 10.1. The van der Waals surface area contributed by atoms with Crippen LogP contribution in [0.25, 0.3) is 0 Å². The van der Waals surface area contributed by atoms with Gasteiger partial charge >= 0.3 is 0 Å². The highest BCUT2D eigenvalue weighted by atomic mass is 15.3. The number of nitrogens with zero attached hydrogens (tertiary/aromatic N) is 3. The summed E-state index contributed by atoms with van der Waals surface area (Å²) in [7, 11) is 1.86. The maximum absolute atomic E-state index is 8.66. The van der Waals surface area contributed by atoms with Gasteiger partial charge in [0.1, 0.15) is 0 Å². The summed E-state index contributed by atoms with van der Waals surface area (Å²) in [6, 6.07) is 2.19. The molecule has 0 aliphatic carbocycles. The van der Waals surface area contributed by atoms with Gasteiger partial charge in [0.2, 0.25) is 0 Å². The van der Waals surface area contributed by atoms with E-state index in [2.05, 4.69) is 11.2 Å². The van der Waals surface area contributed by atoms with Gasteiger partial charge in [-0.15, -0.1) is 0 Å². The molecule has 0 saturated heterocycles. The number of aryl methyl sites for hydroxylation is 2. The average Bonchev–Trinajstić information content (AvgIpc) is 2.30. The molecule has 0 aromatic carbocycles. The van der Waals surface area contributed by atoms with E-state index in [0.29, 0.717) is 0 Å². The highest BCUT2D eigenvalue weighted by Gasteiger charge is 2.11. The molecule has 1 aromatic heterocycles. The molecule has 3 nitrogen and oxygen atoms in total. The topological polar surface area (TPSA) is 41.6 Å². The molecule has 1 heterocycles. The lowest BCUT2D eigenvalue weighted by molar-refractivity contribution is 0.694. The van der Waals surface area contributed by atoms with Crippen molar-refractivity contribution in [2.75, 3.05) is 0 Å². The molecule has 1 rings (SSSR count). The fourth-order valence-electron chi connectivity index (χ4n) is 1.24. The maximum Gasteiger partial charge on any atom is 0.0856 e. The van der Waals surface area contributed by atoms with E-state index < -0.39 is 0 Å². The van der Waals surface area contributed by atoms with Gasteiger partial charge in [0, 0.05) is 7.05 Å². The van der Waals surface area contributed by atoms with Crippen molar-refractivity contribution in [3.63, 3.8) is 0 Å². The third kappa shape index (κ3) is 1.25. The van der Waals surface area contributed by atoms with E-state index in [1.165, 1.54) is 0 Å². The SMILES string of the molecule is Cc1cnn(C)c1C(C)C#N. The number of aromatic nitrogens is 2. The third-order valence-corrected chi connectivity index (χ3v) is 1.78. The molecule has 1 atom stereocenters. The molecular formula is C8H11N3. The Morgan fingerprint density at radius 1 is 1.73 bits per heavy atom. The van der Waals surface area contributed by atoms with Gasteiger partial charge in [-0.05, 0) is 19.4 Å². The van der Waals surface area contributed by atoms with E-state index in [0.717, 1.165) is 11.3 Å². The Morgan fingerprint density at radius 3 is 2.73 bits per heavy atom. The van der Waals surface area contributed by atoms with Crippen LogP contribution in [0.3, 0.4) is 0 Å². The van der Waals surface area contributed by atoms with Crippen LogP contribution >= 0.6 is 0 Å². The first-order valence-corrected chi connectivity index (χ1v) is 3.55. The van der Waals surface area contributed by atoms with Gasteiger partial charge < -0.3 is 0 Å².